The minimum absolute atomic E-state index is 0.212. The summed E-state index contributed by atoms with van der Waals surface area (Å²) >= 11 is 0. The van der Waals surface area contributed by atoms with Gasteiger partial charge in [-0.25, -0.2) is 0 Å². The molecule has 3 atom stereocenters. The van der Waals surface area contributed by atoms with Gasteiger partial charge < -0.3 is 14.6 Å². The molecule has 0 amide bonds. The molecule has 1 saturated heterocycles. The van der Waals surface area contributed by atoms with E-state index in [1.165, 1.54) is 0 Å². The summed E-state index contributed by atoms with van der Waals surface area (Å²) in [5.41, 5.74) is 1.15. The monoisotopic (exact) mass is 297 g/mol. The highest BCUT2D eigenvalue weighted by Crippen LogP contribution is 2.18. The normalized spacial score (nSPS) is 21.9. The Morgan fingerprint density at radius 1 is 1.62 bits per heavy atom. The van der Waals surface area contributed by atoms with Crippen molar-refractivity contribution in [1.82, 2.24) is 14.7 Å². The maximum atomic E-state index is 10.1. The molecule has 1 aliphatic heterocycles. The van der Waals surface area contributed by atoms with Gasteiger partial charge in [0.1, 0.15) is 0 Å². The number of aliphatic hydroxyl groups excluding tert-OH is 1. The SMILES string of the molecule is CC(c1cnn(C)c1)N(C)CC(O)COCC1CCCO1. The van der Waals surface area contributed by atoms with E-state index in [1.807, 2.05) is 26.5 Å². The standard InChI is InChI=1S/C15H27N3O3/c1-12(13-7-16-18(3)8-13)17(2)9-14(19)10-20-11-15-5-4-6-21-15/h7-8,12,14-15,19H,4-6,9-11H2,1-3H3. The van der Waals surface area contributed by atoms with Crippen LogP contribution < -0.4 is 0 Å². The fourth-order valence-electron chi connectivity index (χ4n) is 2.56. The molecule has 3 unspecified atom stereocenters. The first-order chi connectivity index (χ1) is 10.1. The largest absolute Gasteiger partial charge is 0.389 e. The molecule has 21 heavy (non-hydrogen) atoms. The summed E-state index contributed by atoms with van der Waals surface area (Å²) in [6, 6.07) is 0.214. The molecule has 1 aromatic rings. The first-order valence-electron chi connectivity index (χ1n) is 7.62. The Bertz CT molecular complexity index is 418. The molecular formula is C15H27N3O3. The number of hydrogen-bond acceptors (Lipinski definition) is 5. The van der Waals surface area contributed by atoms with Crippen LogP contribution in [0.4, 0.5) is 0 Å². The lowest BCUT2D eigenvalue weighted by molar-refractivity contribution is -0.0257. The number of aliphatic hydroxyl groups is 1. The second-order valence-electron chi connectivity index (χ2n) is 5.89. The highest BCUT2D eigenvalue weighted by Gasteiger charge is 2.19. The minimum atomic E-state index is -0.490. The molecule has 0 saturated carbocycles. The van der Waals surface area contributed by atoms with Crippen LogP contribution in [0.1, 0.15) is 31.4 Å². The van der Waals surface area contributed by atoms with E-state index in [9.17, 15) is 5.11 Å². The van der Waals surface area contributed by atoms with Crippen LogP contribution in [0.25, 0.3) is 0 Å². The van der Waals surface area contributed by atoms with Gasteiger partial charge in [-0.05, 0) is 26.8 Å². The van der Waals surface area contributed by atoms with E-state index in [-0.39, 0.29) is 12.1 Å². The molecule has 120 valence electrons. The van der Waals surface area contributed by atoms with Crippen LogP contribution in [-0.4, -0.2) is 65.4 Å². The van der Waals surface area contributed by atoms with E-state index in [1.54, 1.807) is 4.68 Å². The lowest BCUT2D eigenvalue weighted by Crippen LogP contribution is -2.34. The first kappa shape index (κ1) is 16.4. The van der Waals surface area contributed by atoms with Crippen molar-refractivity contribution in [2.24, 2.45) is 7.05 Å². The number of aryl methyl sites for hydroxylation is 1. The third-order valence-electron chi connectivity index (χ3n) is 4.01. The van der Waals surface area contributed by atoms with Gasteiger partial charge in [0.05, 0.1) is 31.6 Å². The molecule has 1 aliphatic rings. The molecule has 0 aliphatic carbocycles. The summed E-state index contributed by atoms with van der Waals surface area (Å²) < 4.78 is 12.8. The van der Waals surface area contributed by atoms with Crippen molar-refractivity contribution in [2.75, 3.05) is 33.4 Å². The second kappa shape index (κ2) is 7.89. The number of ether oxygens (including phenoxy) is 2. The maximum absolute atomic E-state index is 10.1. The van der Waals surface area contributed by atoms with E-state index in [4.69, 9.17) is 9.47 Å². The zero-order valence-corrected chi connectivity index (χ0v) is 13.2. The van der Waals surface area contributed by atoms with E-state index in [0.29, 0.717) is 19.8 Å². The van der Waals surface area contributed by atoms with Crippen molar-refractivity contribution < 1.29 is 14.6 Å². The van der Waals surface area contributed by atoms with Crippen molar-refractivity contribution in [3.8, 4) is 0 Å². The Kier molecular flexibility index (Phi) is 6.17. The molecule has 0 spiro atoms. The summed E-state index contributed by atoms with van der Waals surface area (Å²) in [5, 5.41) is 14.2. The van der Waals surface area contributed by atoms with Crippen LogP contribution in [-0.2, 0) is 16.5 Å². The number of aromatic nitrogens is 2. The average Bonchev–Trinajstić information content (AvgIpc) is 3.09. The van der Waals surface area contributed by atoms with Crippen molar-refractivity contribution in [3.05, 3.63) is 18.0 Å². The molecular weight excluding hydrogens is 270 g/mol. The molecule has 2 heterocycles. The van der Waals surface area contributed by atoms with Crippen molar-refractivity contribution in [1.29, 1.82) is 0 Å². The fraction of sp³-hybridized carbons (Fsp3) is 0.800. The van der Waals surface area contributed by atoms with Crippen LogP contribution in [0, 0.1) is 0 Å². The molecule has 1 fully saturated rings. The Morgan fingerprint density at radius 3 is 3.05 bits per heavy atom. The van der Waals surface area contributed by atoms with E-state index >= 15 is 0 Å². The van der Waals surface area contributed by atoms with Gasteiger partial charge in [-0.2, -0.15) is 5.10 Å². The summed E-state index contributed by atoms with van der Waals surface area (Å²) in [6.45, 7) is 4.45. The third-order valence-corrected chi connectivity index (χ3v) is 4.01. The van der Waals surface area contributed by atoms with Crippen molar-refractivity contribution in [2.45, 2.75) is 38.0 Å². The highest BCUT2D eigenvalue weighted by molar-refractivity contribution is 5.09. The quantitative estimate of drug-likeness (QED) is 0.775. The van der Waals surface area contributed by atoms with Gasteiger partial charge in [-0.15, -0.1) is 0 Å². The average molecular weight is 297 g/mol. The molecule has 1 aromatic heterocycles. The van der Waals surface area contributed by atoms with Gasteiger partial charge in [0.15, 0.2) is 0 Å². The van der Waals surface area contributed by atoms with Crippen molar-refractivity contribution in [3.63, 3.8) is 0 Å². The van der Waals surface area contributed by atoms with Crippen LogP contribution in [0.2, 0.25) is 0 Å². The summed E-state index contributed by atoms with van der Waals surface area (Å²) in [6.07, 6.45) is 5.76. The Balaban J connectivity index is 1.67. The van der Waals surface area contributed by atoms with E-state index in [0.717, 1.165) is 25.0 Å². The van der Waals surface area contributed by atoms with Gasteiger partial charge in [0, 0.05) is 38.0 Å². The molecule has 0 bridgehead atoms. The number of likely N-dealkylation sites (N-methyl/N-ethyl adjacent to an activating group) is 1. The zero-order valence-electron chi connectivity index (χ0n) is 13.2. The predicted molar refractivity (Wildman–Crippen MR) is 80.1 cm³/mol. The zero-order chi connectivity index (χ0) is 15.2. The minimum Gasteiger partial charge on any atom is -0.389 e. The molecule has 0 aromatic carbocycles. The molecule has 6 nitrogen and oxygen atoms in total. The molecule has 6 heteroatoms. The number of rotatable bonds is 8. The number of nitrogens with zero attached hydrogens (tertiary/aromatic N) is 3. The van der Waals surface area contributed by atoms with Gasteiger partial charge >= 0.3 is 0 Å². The maximum Gasteiger partial charge on any atom is 0.0900 e. The van der Waals surface area contributed by atoms with E-state index < -0.39 is 6.10 Å². The molecule has 2 rings (SSSR count). The summed E-state index contributed by atoms with van der Waals surface area (Å²) in [4.78, 5) is 2.11. The van der Waals surface area contributed by atoms with Crippen LogP contribution in [0.3, 0.4) is 0 Å². The van der Waals surface area contributed by atoms with E-state index in [2.05, 4.69) is 16.9 Å². The lowest BCUT2D eigenvalue weighted by atomic mass is 10.1. The second-order valence-corrected chi connectivity index (χ2v) is 5.89. The molecule has 1 N–H and O–H groups in total. The number of hydrogen-bond donors (Lipinski definition) is 1. The first-order valence-corrected chi connectivity index (χ1v) is 7.62. The van der Waals surface area contributed by atoms with Gasteiger partial charge in [0.2, 0.25) is 0 Å². The Labute approximate surface area is 126 Å². The highest BCUT2D eigenvalue weighted by atomic mass is 16.5. The lowest BCUT2D eigenvalue weighted by Gasteiger charge is -2.26. The van der Waals surface area contributed by atoms with Crippen LogP contribution in [0.15, 0.2) is 12.4 Å². The Morgan fingerprint density at radius 2 is 2.43 bits per heavy atom. The third kappa shape index (κ3) is 5.07. The van der Waals surface area contributed by atoms with Crippen LogP contribution >= 0.6 is 0 Å². The van der Waals surface area contributed by atoms with Gasteiger partial charge in [-0.3, -0.25) is 9.58 Å². The molecule has 0 radical (unpaired) electrons. The summed E-state index contributed by atoms with van der Waals surface area (Å²) in [7, 11) is 3.91. The summed E-state index contributed by atoms with van der Waals surface area (Å²) in [5.74, 6) is 0. The van der Waals surface area contributed by atoms with Crippen molar-refractivity contribution >= 4 is 0 Å². The van der Waals surface area contributed by atoms with Gasteiger partial charge in [0.25, 0.3) is 0 Å². The fourth-order valence-corrected chi connectivity index (χ4v) is 2.56. The van der Waals surface area contributed by atoms with Crippen LogP contribution in [0.5, 0.6) is 0 Å². The van der Waals surface area contributed by atoms with Gasteiger partial charge in [-0.1, -0.05) is 0 Å². The topological polar surface area (TPSA) is 59.8 Å². The Hall–Kier alpha value is -0.950. The smallest absolute Gasteiger partial charge is 0.0900 e. The predicted octanol–water partition coefficient (Wildman–Crippen LogP) is 0.969.